The number of benzene rings is 4. The van der Waals surface area contributed by atoms with Gasteiger partial charge in [0.15, 0.2) is 0 Å². The Balaban J connectivity index is 1.37. The summed E-state index contributed by atoms with van der Waals surface area (Å²) in [5.41, 5.74) is 10.2. The summed E-state index contributed by atoms with van der Waals surface area (Å²) in [7, 11) is 0. The van der Waals surface area contributed by atoms with Crippen LogP contribution in [0.4, 0.5) is 0 Å². The van der Waals surface area contributed by atoms with E-state index < -0.39 is 0 Å². The molecule has 0 unspecified atom stereocenters. The predicted molar refractivity (Wildman–Crippen MR) is 164 cm³/mol. The monoisotopic (exact) mass is 512 g/mol. The lowest BCUT2D eigenvalue weighted by molar-refractivity contribution is 0.945. The van der Waals surface area contributed by atoms with Gasteiger partial charge in [-0.1, -0.05) is 48.5 Å². The lowest BCUT2D eigenvalue weighted by Gasteiger charge is -2.21. The van der Waals surface area contributed by atoms with Crippen LogP contribution in [0.2, 0.25) is 0 Å². The van der Waals surface area contributed by atoms with Crippen molar-refractivity contribution in [3.8, 4) is 22.8 Å². The van der Waals surface area contributed by atoms with Gasteiger partial charge in [-0.25, -0.2) is 9.97 Å². The summed E-state index contributed by atoms with van der Waals surface area (Å²) >= 11 is 0. The highest BCUT2D eigenvalue weighted by molar-refractivity contribution is 6.13. The Kier molecular flexibility index (Phi) is 4.41. The highest BCUT2D eigenvalue weighted by atomic mass is 15.1. The first-order chi connectivity index (χ1) is 19.8. The molecule has 4 aromatic heterocycles. The maximum absolute atomic E-state index is 4.74. The molecule has 4 heterocycles. The Hall–Kier alpha value is -5.22. The van der Waals surface area contributed by atoms with Gasteiger partial charge in [0.1, 0.15) is 11.6 Å². The molecule has 0 atom stereocenters. The Morgan fingerprint density at radius 2 is 0.875 bits per heavy atom. The molecule has 0 saturated heterocycles. The van der Waals surface area contributed by atoms with Gasteiger partial charge in [0.05, 0.1) is 22.1 Å². The smallest absolute Gasteiger partial charge is 0.137 e. The zero-order valence-corrected chi connectivity index (χ0v) is 21.8. The zero-order valence-electron chi connectivity index (χ0n) is 21.8. The molecule has 0 aliphatic heterocycles. The number of aromatic nitrogens is 4. The second-order valence-electron chi connectivity index (χ2n) is 10.6. The van der Waals surface area contributed by atoms with Gasteiger partial charge in [0.2, 0.25) is 0 Å². The molecule has 0 saturated carbocycles. The fourth-order valence-electron chi connectivity index (χ4n) is 6.77. The lowest BCUT2D eigenvalue weighted by atomic mass is 9.84. The average molecular weight is 513 g/mol. The lowest BCUT2D eigenvalue weighted by Crippen LogP contribution is -2.05. The third-order valence-electron chi connectivity index (χ3n) is 8.51. The quantitative estimate of drug-likeness (QED) is 0.233. The molecule has 8 aromatic rings. The fourth-order valence-corrected chi connectivity index (χ4v) is 6.77. The minimum atomic E-state index is 0.940. The number of pyridine rings is 2. The molecule has 0 fully saturated rings. The van der Waals surface area contributed by atoms with Gasteiger partial charge in [-0.05, 0) is 95.8 Å². The van der Waals surface area contributed by atoms with E-state index in [2.05, 4.69) is 106 Å². The van der Waals surface area contributed by atoms with Gasteiger partial charge >= 0.3 is 0 Å². The van der Waals surface area contributed by atoms with E-state index >= 15 is 0 Å². The molecule has 4 aromatic carbocycles. The van der Waals surface area contributed by atoms with E-state index in [0.717, 1.165) is 24.5 Å². The van der Waals surface area contributed by atoms with E-state index in [4.69, 9.17) is 9.97 Å². The number of rotatable bonds is 2. The molecule has 4 heteroatoms. The highest BCUT2D eigenvalue weighted by Gasteiger charge is 2.23. The molecule has 0 amide bonds. The van der Waals surface area contributed by atoms with Gasteiger partial charge in [0.25, 0.3) is 0 Å². The Morgan fingerprint density at radius 1 is 0.425 bits per heavy atom. The number of hydrogen-bond donors (Lipinski definition) is 0. The molecule has 9 rings (SSSR count). The van der Waals surface area contributed by atoms with Crippen LogP contribution in [0.25, 0.3) is 66.4 Å². The summed E-state index contributed by atoms with van der Waals surface area (Å²) in [4.78, 5) is 9.48. The molecule has 0 bridgehead atoms. The molecular formula is C36H24N4. The Labute approximate surface area is 230 Å². The topological polar surface area (TPSA) is 35.6 Å². The van der Waals surface area contributed by atoms with Crippen molar-refractivity contribution in [3.05, 3.63) is 133 Å². The molecule has 4 nitrogen and oxygen atoms in total. The minimum absolute atomic E-state index is 0.940. The first kappa shape index (κ1) is 21.7. The van der Waals surface area contributed by atoms with Crippen LogP contribution < -0.4 is 0 Å². The SMILES string of the molecule is c1ccc(-n2c3ccccc3c3cc4c(cc32)-c2cc3c(cc2CC4)c2ccccc2n3-c2ccccn2)nc1. The minimum Gasteiger partial charge on any atom is -0.294 e. The van der Waals surface area contributed by atoms with E-state index in [0.29, 0.717) is 0 Å². The van der Waals surface area contributed by atoms with Crippen molar-refractivity contribution in [3.63, 3.8) is 0 Å². The van der Waals surface area contributed by atoms with E-state index in [1.54, 1.807) is 0 Å². The number of para-hydroxylation sites is 2. The molecular weight excluding hydrogens is 488 g/mol. The number of nitrogens with zero attached hydrogens (tertiary/aromatic N) is 4. The third kappa shape index (κ3) is 2.96. The molecule has 188 valence electrons. The first-order valence-electron chi connectivity index (χ1n) is 13.8. The van der Waals surface area contributed by atoms with Gasteiger partial charge in [-0.3, -0.25) is 9.13 Å². The summed E-state index contributed by atoms with van der Waals surface area (Å²) in [5, 5.41) is 5.10. The third-order valence-corrected chi connectivity index (χ3v) is 8.51. The largest absolute Gasteiger partial charge is 0.294 e. The number of hydrogen-bond acceptors (Lipinski definition) is 2. The zero-order chi connectivity index (χ0) is 26.2. The number of aryl methyl sites for hydroxylation is 2. The van der Waals surface area contributed by atoms with E-state index in [1.807, 2.05) is 24.5 Å². The van der Waals surface area contributed by atoms with Crippen molar-refractivity contribution in [2.75, 3.05) is 0 Å². The molecule has 1 aliphatic rings. The summed E-state index contributed by atoms with van der Waals surface area (Å²) in [5.74, 6) is 1.88. The maximum atomic E-state index is 4.74. The van der Waals surface area contributed by atoms with Crippen LogP contribution in [0.3, 0.4) is 0 Å². The van der Waals surface area contributed by atoms with Gasteiger partial charge in [-0.2, -0.15) is 0 Å². The van der Waals surface area contributed by atoms with E-state index in [1.165, 1.54) is 65.9 Å². The molecule has 0 radical (unpaired) electrons. The van der Waals surface area contributed by atoms with Crippen molar-refractivity contribution < 1.29 is 0 Å². The van der Waals surface area contributed by atoms with Crippen LogP contribution in [0.5, 0.6) is 0 Å². The van der Waals surface area contributed by atoms with Crippen LogP contribution in [0.15, 0.2) is 122 Å². The summed E-state index contributed by atoms with van der Waals surface area (Å²) in [6.07, 6.45) is 5.81. The summed E-state index contributed by atoms with van der Waals surface area (Å²) < 4.78 is 4.62. The Bertz CT molecular complexity index is 2090. The van der Waals surface area contributed by atoms with Crippen LogP contribution >= 0.6 is 0 Å². The average Bonchev–Trinajstić information content (AvgIpc) is 3.52. The van der Waals surface area contributed by atoms with Gasteiger partial charge in [0, 0.05) is 33.9 Å². The second-order valence-corrected chi connectivity index (χ2v) is 10.6. The normalized spacial score (nSPS) is 12.8. The molecule has 40 heavy (non-hydrogen) atoms. The van der Waals surface area contributed by atoms with Crippen molar-refractivity contribution in [1.29, 1.82) is 0 Å². The van der Waals surface area contributed by atoms with E-state index in [9.17, 15) is 0 Å². The van der Waals surface area contributed by atoms with E-state index in [-0.39, 0.29) is 0 Å². The molecule has 1 aliphatic carbocycles. The van der Waals surface area contributed by atoms with Crippen molar-refractivity contribution in [1.82, 2.24) is 19.1 Å². The maximum Gasteiger partial charge on any atom is 0.137 e. The van der Waals surface area contributed by atoms with Crippen LogP contribution in [-0.4, -0.2) is 19.1 Å². The van der Waals surface area contributed by atoms with Crippen LogP contribution in [0, 0.1) is 0 Å². The van der Waals surface area contributed by atoms with Crippen molar-refractivity contribution in [2.45, 2.75) is 12.8 Å². The molecule has 0 N–H and O–H groups in total. The van der Waals surface area contributed by atoms with Crippen molar-refractivity contribution in [2.24, 2.45) is 0 Å². The summed E-state index contributed by atoms with van der Waals surface area (Å²) in [6.45, 7) is 0. The Morgan fingerprint density at radius 3 is 1.32 bits per heavy atom. The standard InChI is InChI=1S/C36H24N4/c1-3-11-31-25(9-1)29-19-23-15-16-24-20-30-26-10-2-4-12-32(26)40(36-14-6-8-18-38-36)34(30)22-28(24)27(23)21-33(29)39(31)35-13-5-7-17-37-35/h1-14,17-22H,15-16H2. The number of fused-ring (bicyclic) bond motifs is 9. The van der Waals surface area contributed by atoms with Gasteiger partial charge < -0.3 is 0 Å². The summed E-state index contributed by atoms with van der Waals surface area (Å²) in [6, 6.07) is 39.3. The van der Waals surface area contributed by atoms with Crippen LogP contribution in [-0.2, 0) is 12.8 Å². The molecule has 0 spiro atoms. The predicted octanol–water partition coefficient (Wildman–Crippen LogP) is 8.44. The highest BCUT2D eigenvalue weighted by Crippen LogP contribution is 2.43. The van der Waals surface area contributed by atoms with Crippen LogP contribution in [0.1, 0.15) is 11.1 Å². The first-order valence-corrected chi connectivity index (χ1v) is 13.8. The fraction of sp³-hybridized carbons (Fsp3) is 0.0556. The van der Waals surface area contributed by atoms with Gasteiger partial charge in [-0.15, -0.1) is 0 Å². The second kappa shape index (κ2) is 8.14. The van der Waals surface area contributed by atoms with Crippen molar-refractivity contribution >= 4 is 43.6 Å².